The van der Waals surface area contributed by atoms with Gasteiger partial charge >= 0.3 is 24.2 Å². The van der Waals surface area contributed by atoms with Gasteiger partial charge in [-0.1, -0.05) is 25.1 Å². The molecule has 0 aliphatic rings. The Morgan fingerprint density at radius 3 is 2.12 bits per heavy atom. The number of carbonyl (C=O) groups is 1. The highest BCUT2D eigenvalue weighted by Gasteiger charge is 2.56. The number of nitrogen functional groups attached to an aromatic ring is 2. The highest BCUT2D eigenvalue weighted by atomic mass is 19.4. The maximum atomic E-state index is 14.7. The van der Waals surface area contributed by atoms with Gasteiger partial charge in [-0.3, -0.25) is 0 Å². The highest BCUT2D eigenvalue weighted by Crippen LogP contribution is 2.39. The van der Waals surface area contributed by atoms with Crippen LogP contribution in [0.2, 0.25) is 0 Å². The van der Waals surface area contributed by atoms with Crippen molar-refractivity contribution in [1.29, 1.82) is 0 Å². The fourth-order valence-corrected chi connectivity index (χ4v) is 3.78. The van der Waals surface area contributed by atoms with Gasteiger partial charge in [-0.25, -0.2) is 4.79 Å². The molecule has 0 saturated heterocycles. The molecule has 43 heavy (non-hydrogen) atoms. The highest BCUT2D eigenvalue weighted by molar-refractivity contribution is 5.87. The Kier molecular flexibility index (Phi) is 10.5. The molecule has 0 radical (unpaired) electrons. The van der Waals surface area contributed by atoms with Crippen molar-refractivity contribution in [2.24, 2.45) is 0 Å². The van der Waals surface area contributed by atoms with E-state index < -0.39 is 49.2 Å². The second-order valence-electron chi connectivity index (χ2n) is 9.62. The van der Waals surface area contributed by atoms with Gasteiger partial charge in [0.1, 0.15) is 11.5 Å². The van der Waals surface area contributed by atoms with Crippen LogP contribution in [0.15, 0.2) is 72.8 Å². The number of hydrogen-bond acceptors (Lipinski definition) is 6. The predicted octanol–water partition coefficient (Wildman–Crippen LogP) is 7.70. The molecule has 0 saturated carbocycles. The van der Waals surface area contributed by atoms with E-state index in [0.717, 1.165) is 35.9 Å². The van der Waals surface area contributed by atoms with Crippen molar-refractivity contribution in [2.45, 2.75) is 43.9 Å². The average molecular weight is 615 g/mol. The van der Waals surface area contributed by atoms with Crippen LogP contribution in [0.25, 0.3) is 6.08 Å². The van der Waals surface area contributed by atoms with Crippen molar-refractivity contribution in [2.75, 3.05) is 24.7 Å². The fourth-order valence-electron chi connectivity index (χ4n) is 3.78. The summed E-state index contributed by atoms with van der Waals surface area (Å²) >= 11 is 0. The summed E-state index contributed by atoms with van der Waals surface area (Å²) in [5.74, 6) is -5.82. The maximum Gasteiger partial charge on any atom is 0.453 e. The Morgan fingerprint density at radius 2 is 1.51 bits per heavy atom. The van der Waals surface area contributed by atoms with Crippen molar-refractivity contribution >= 4 is 23.4 Å². The van der Waals surface area contributed by atoms with Crippen LogP contribution in [-0.2, 0) is 15.6 Å². The van der Waals surface area contributed by atoms with Crippen LogP contribution in [0.1, 0.15) is 42.4 Å². The summed E-state index contributed by atoms with van der Waals surface area (Å²) in [5, 5.41) is 0. The molecular weight excluding hydrogens is 585 g/mol. The smallest absolute Gasteiger partial charge is 0.453 e. The summed E-state index contributed by atoms with van der Waals surface area (Å²) < 4.78 is 107. The molecule has 0 bridgehead atoms. The van der Waals surface area contributed by atoms with Crippen LogP contribution < -0.4 is 20.9 Å². The molecule has 232 valence electrons. The summed E-state index contributed by atoms with van der Waals surface area (Å²) in [7, 11) is 0. The van der Waals surface area contributed by atoms with Crippen LogP contribution >= 0.6 is 0 Å². The Hall–Kier alpha value is -4.42. The van der Waals surface area contributed by atoms with Gasteiger partial charge in [-0.05, 0) is 72.2 Å². The largest absolute Gasteiger partial charge is 0.494 e. The normalized spacial score (nSPS) is 13.1. The number of halogens is 7. The predicted molar refractivity (Wildman–Crippen MR) is 147 cm³/mol. The van der Waals surface area contributed by atoms with E-state index in [9.17, 15) is 35.5 Å². The fraction of sp³-hybridized carbons (Fsp3) is 0.300. The number of rotatable bonds is 13. The number of hydrogen-bond donors (Lipinski definition) is 2. The van der Waals surface area contributed by atoms with E-state index in [-0.39, 0.29) is 24.0 Å². The van der Waals surface area contributed by atoms with E-state index in [1.165, 1.54) is 30.3 Å². The van der Waals surface area contributed by atoms with Crippen LogP contribution in [0, 0.1) is 0 Å². The quantitative estimate of drug-likeness (QED) is 0.0674. The zero-order valence-electron chi connectivity index (χ0n) is 22.8. The lowest BCUT2D eigenvalue weighted by molar-refractivity contribution is -0.284. The van der Waals surface area contributed by atoms with E-state index in [2.05, 4.69) is 0 Å². The standard InChI is InChI=1S/C30H29F7N2O4/c1-19(25-13-8-22(38)17-26(25)39)18-42-27(40)14-5-20-3-6-21(7-4-20)29(33,34)43-24-11-9-23(10-12-24)41-16-2-15-28(31,32)30(35,36)37/h3-14,17,19H,2,15-16,18,38-39H2,1H3/b14-5+. The van der Waals surface area contributed by atoms with E-state index in [0.29, 0.717) is 16.9 Å². The van der Waals surface area contributed by atoms with E-state index in [1.54, 1.807) is 18.2 Å². The Morgan fingerprint density at radius 1 is 0.884 bits per heavy atom. The minimum Gasteiger partial charge on any atom is -0.494 e. The first-order valence-corrected chi connectivity index (χ1v) is 12.9. The van der Waals surface area contributed by atoms with Crippen molar-refractivity contribution in [3.8, 4) is 11.5 Å². The first-order chi connectivity index (χ1) is 20.1. The number of nitrogens with two attached hydrogens (primary N) is 2. The minimum absolute atomic E-state index is 0.0633. The minimum atomic E-state index is -5.64. The molecule has 0 aromatic heterocycles. The van der Waals surface area contributed by atoms with Gasteiger partial charge in [0.05, 0.1) is 18.8 Å². The van der Waals surface area contributed by atoms with Crippen LogP contribution in [0.4, 0.5) is 42.1 Å². The molecule has 0 fully saturated rings. The molecule has 0 aliphatic carbocycles. The molecule has 0 heterocycles. The first-order valence-electron chi connectivity index (χ1n) is 12.9. The topological polar surface area (TPSA) is 96.8 Å². The molecule has 13 heteroatoms. The second-order valence-corrected chi connectivity index (χ2v) is 9.62. The number of alkyl halides is 7. The first kappa shape index (κ1) is 33.1. The molecule has 4 N–H and O–H groups in total. The van der Waals surface area contributed by atoms with Gasteiger partial charge in [0.25, 0.3) is 0 Å². The van der Waals surface area contributed by atoms with Crippen LogP contribution in [0.3, 0.4) is 0 Å². The number of esters is 1. The zero-order chi connectivity index (χ0) is 31.8. The van der Waals surface area contributed by atoms with Crippen molar-refractivity contribution in [1.82, 2.24) is 0 Å². The lowest BCUT2D eigenvalue weighted by Crippen LogP contribution is -2.36. The molecule has 0 spiro atoms. The molecule has 1 unspecified atom stereocenters. The summed E-state index contributed by atoms with van der Waals surface area (Å²) in [4.78, 5) is 12.1. The van der Waals surface area contributed by atoms with E-state index >= 15 is 0 Å². The third kappa shape index (κ3) is 9.55. The van der Waals surface area contributed by atoms with Crippen molar-refractivity contribution in [3.05, 3.63) is 89.5 Å². The third-order valence-electron chi connectivity index (χ3n) is 6.16. The molecule has 3 rings (SSSR count). The number of benzene rings is 3. The van der Waals surface area contributed by atoms with Gasteiger partial charge in [0.15, 0.2) is 0 Å². The van der Waals surface area contributed by atoms with Gasteiger partial charge in [0, 0.05) is 29.8 Å². The molecule has 0 aliphatic heterocycles. The van der Waals surface area contributed by atoms with Crippen LogP contribution in [0.5, 0.6) is 11.5 Å². The summed E-state index contributed by atoms with van der Waals surface area (Å²) in [5.41, 5.74) is 13.4. The Labute approximate surface area is 243 Å². The molecule has 0 amide bonds. The molecule has 3 aromatic rings. The Bertz CT molecular complexity index is 1390. The number of carbonyl (C=O) groups excluding carboxylic acids is 1. The zero-order valence-corrected chi connectivity index (χ0v) is 22.8. The summed E-state index contributed by atoms with van der Waals surface area (Å²) in [6.07, 6.45) is -8.84. The second kappa shape index (κ2) is 13.7. The van der Waals surface area contributed by atoms with Gasteiger partial charge in [-0.2, -0.15) is 30.7 Å². The number of anilines is 2. The van der Waals surface area contributed by atoms with Gasteiger partial charge in [-0.15, -0.1) is 0 Å². The lowest BCUT2D eigenvalue weighted by atomic mass is 10.00. The van der Waals surface area contributed by atoms with Gasteiger partial charge < -0.3 is 25.7 Å². The van der Waals surface area contributed by atoms with E-state index in [4.69, 9.17) is 25.7 Å². The van der Waals surface area contributed by atoms with Crippen LogP contribution in [-0.4, -0.2) is 31.3 Å². The van der Waals surface area contributed by atoms with Crippen molar-refractivity contribution < 1.29 is 49.7 Å². The SMILES string of the molecule is CC(COC(=O)/C=C/c1ccc(C(F)(F)Oc2ccc(OCCCC(F)(F)C(F)(F)F)cc2)cc1)c1ccc(N)cc1N. The monoisotopic (exact) mass is 614 g/mol. The maximum absolute atomic E-state index is 14.7. The summed E-state index contributed by atoms with van der Waals surface area (Å²) in [6, 6.07) is 14.7. The Balaban J connectivity index is 1.48. The average Bonchev–Trinajstić information content (AvgIpc) is 2.93. The molecule has 6 nitrogen and oxygen atoms in total. The van der Waals surface area contributed by atoms with Gasteiger partial charge in [0.2, 0.25) is 0 Å². The lowest BCUT2D eigenvalue weighted by Gasteiger charge is -2.19. The van der Waals surface area contributed by atoms with E-state index in [1.807, 2.05) is 6.92 Å². The third-order valence-corrected chi connectivity index (χ3v) is 6.16. The van der Waals surface area contributed by atoms with Crippen molar-refractivity contribution in [3.63, 3.8) is 0 Å². The molecular formula is C30H29F7N2O4. The molecule has 3 aromatic carbocycles. The molecule has 1 atom stereocenters. The summed E-state index contributed by atoms with van der Waals surface area (Å²) in [6.45, 7) is 1.46. The number of ether oxygens (including phenoxy) is 3.